The van der Waals surface area contributed by atoms with E-state index in [0.29, 0.717) is 5.92 Å². The highest BCUT2D eigenvalue weighted by molar-refractivity contribution is 6.14. The van der Waals surface area contributed by atoms with Crippen molar-refractivity contribution >= 4 is 139 Å². The van der Waals surface area contributed by atoms with E-state index in [1.165, 1.54) is 144 Å². The van der Waals surface area contributed by atoms with Crippen molar-refractivity contribution in [3.8, 4) is 22.7 Å². The van der Waals surface area contributed by atoms with Gasteiger partial charge in [0.15, 0.2) is 0 Å². The molecule has 4 aliphatic rings. The third-order valence-corrected chi connectivity index (χ3v) is 23.9. The predicted octanol–water partition coefficient (Wildman–Crippen LogP) is 24.4. The number of anilines is 5. The Morgan fingerprint density at radius 1 is 0.330 bits per heavy atom. The quantitative estimate of drug-likeness (QED) is 0.156. The third kappa shape index (κ3) is 8.06. The molecular weight excluding hydrogens is 1250 g/mol. The molecule has 0 saturated heterocycles. The van der Waals surface area contributed by atoms with Crippen LogP contribution in [0.5, 0.6) is 0 Å². The van der Waals surface area contributed by atoms with Crippen molar-refractivity contribution in [2.45, 2.75) is 70.6 Å². The first-order chi connectivity index (χ1) is 50.5. The molecule has 0 amide bonds. The minimum atomic E-state index is -0.449. The monoisotopic (exact) mass is 1320 g/mol. The first-order valence-electron chi connectivity index (χ1n) is 36.4. The summed E-state index contributed by atoms with van der Waals surface area (Å²) in [6.45, 7) is 12.2. The summed E-state index contributed by atoms with van der Waals surface area (Å²) < 4.78 is 9.98. The molecule has 22 rings (SSSR count). The van der Waals surface area contributed by atoms with Gasteiger partial charge in [-0.1, -0.05) is 180 Å². The second kappa shape index (κ2) is 21.3. The Bertz CT molecular complexity index is 6510. The van der Waals surface area contributed by atoms with Gasteiger partial charge in [-0.3, -0.25) is 9.97 Å². The Hall–Kier alpha value is -12.5. The Morgan fingerprint density at radius 3 is 1.14 bits per heavy atom. The topological polar surface area (TPSA) is 52.0 Å². The van der Waals surface area contributed by atoms with Crippen molar-refractivity contribution in [3.05, 3.63) is 330 Å². The average molecular weight is 1320 g/mol. The first-order valence-corrected chi connectivity index (χ1v) is 36.4. The number of hydrogen-bond donors (Lipinski definition) is 0. The lowest BCUT2D eigenvalue weighted by Crippen LogP contribution is -2.33. The molecule has 0 saturated carbocycles. The van der Waals surface area contributed by atoms with Crippen LogP contribution in [0.15, 0.2) is 285 Å². The molecule has 1 atom stereocenters. The van der Waals surface area contributed by atoms with Crippen LogP contribution in [-0.4, -0.2) is 28.2 Å². The maximum Gasteiger partial charge on any atom is 0.0968 e. The molecular formula is C95H70N8. The Morgan fingerprint density at radius 2 is 0.699 bits per heavy atom. The summed E-state index contributed by atoms with van der Waals surface area (Å²) in [5.41, 5.74) is 31.2. The van der Waals surface area contributed by atoms with Crippen LogP contribution in [0.3, 0.4) is 0 Å². The van der Waals surface area contributed by atoms with E-state index in [1.807, 2.05) is 12.4 Å². The van der Waals surface area contributed by atoms with Gasteiger partial charge in [-0.25, -0.2) is 0 Å². The van der Waals surface area contributed by atoms with Gasteiger partial charge in [0.2, 0.25) is 0 Å². The van der Waals surface area contributed by atoms with E-state index >= 15 is 0 Å². The highest BCUT2D eigenvalue weighted by Crippen LogP contribution is 2.57. The third-order valence-electron chi connectivity index (χ3n) is 23.9. The average Bonchev–Trinajstić information content (AvgIpc) is 1.58. The van der Waals surface area contributed by atoms with Crippen molar-refractivity contribution in [1.82, 2.24) is 28.2 Å². The Balaban J connectivity index is 0.766. The molecule has 0 N–H and O–H groups in total. The number of para-hydroxylation sites is 7. The molecule has 8 heteroatoms. The molecule has 103 heavy (non-hydrogen) atoms. The summed E-state index contributed by atoms with van der Waals surface area (Å²) in [5.74, 6) is 0.354. The van der Waals surface area contributed by atoms with Crippen LogP contribution in [0.4, 0.5) is 28.4 Å². The summed E-state index contributed by atoms with van der Waals surface area (Å²) in [5, 5.41) is 11.0. The van der Waals surface area contributed by atoms with Gasteiger partial charge in [0.25, 0.3) is 0 Å². The zero-order chi connectivity index (χ0) is 68.3. The number of hydrogen-bond acceptors (Lipinski definition) is 4. The number of benzene rings is 13. The number of aryl methyl sites for hydroxylation is 1. The highest BCUT2D eigenvalue weighted by Gasteiger charge is 2.42. The first kappa shape index (κ1) is 58.3. The summed E-state index contributed by atoms with van der Waals surface area (Å²) in [4.78, 5) is 15.6. The standard InChI is InChI=1S/C95H70N8/c1-57-21-20-29-73-70-28-12-19-36-86(70)103(93(57)73)63-42-48-90-79(56-63)95(4,5)78-55-62(100-84-34-17-10-26-68(84)69-27-11-18-35-85(69)100)41-47-89(78)102(90)59-38-44-72-75(52-59)74-51-58(37-43-71(74)91-92(72)97-50-49-96-91)101-87-45-39-60(98-80-30-13-6-22-64(80)65-23-7-14-31-81(65)98)53-76(87)94(2,3)77-54-61(40-46-88(77)101)99-82-32-15-8-24-66(82)67-25-9-16-33-83(67)99/h6-20,22-37,39-43,45-57H,21,38,44H2,1-5H3. The second-order valence-electron chi connectivity index (χ2n) is 30.0. The molecule has 0 radical (unpaired) electrons. The lowest BCUT2D eigenvalue weighted by Gasteiger charge is -2.44. The van der Waals surface area contributed by atoms with E-state index < -0.39 is 10.8 Å². The fraction of sp³-hybridized carbons (Fsp3) is 0.116. The van der Waals surface area contributed by atoms with E-state index in [1.54, 1.807) is 0 Å². The summed E-state index contributed by atoms with van der Waals surface area (Å²) in [6.07, 6.45) is 13.6. The van der Waals surface area contributed by atoms with Gasteiger partial charge >= 0.3 is 0 Å². The fourth-order valence-electron chi connectivity index (χ4n) is 19.1. The molecule has 0 fully saturated rings. The largest absolute Gasteiger partial charge is 0.314 e. The van der Waals surface area contributed by atoms with Crippen LogP contribution in [0.2, 0.25) is 0 Å². The van der Waals surface area contributed by atoms with Crippen LogP contribution in [0.1, 0.15) is 98.0 Å². The summed E-state index contributed by atoms with van der Waals surface area (Å²) >= 11 is 0. The molecule has 7 heterocycles. The lowest BCUT2D eigenvalue weighted by atomic mass is 9.72. The number of rotatable bonds is 6. The molecule has 5 aromatic heterocycles. The van der Waals surface area contributed by atoms with Crippen molar-refractivity contribution in [1.29, 1.82) is 0 Å². The molecule has 18 aromatic rings. The van der Waals surface area contributed by atoms with Gasteiger partial charge in [-0.2, -0.15) is 0 Å². The van der Waals surface area contributed by atoms with E-state index in [4.69, 9.17) is 9.97 Å². The minimum Gasteiger partial charge on any atom is -0.314 e. The summed E-state index contributed by atoms with van der Waals surface area (Å²) in [6, 6.07) is 98.4. The highest BCUT2D eigenvalue weighted by atomic mass is 15.2. The minimum absolute atomic E-state index is 0.354. The maximum atomic E-state index is 5.24. The number of aromatic nitrogens is 6. The van der Waals surface area contributed by atoms with E-state index in [2.05, 4.69) is 342 Å². The number of fused-ring (bicyclic) bond motifs is 22. The van der Waals surface area contributed by atoms with Crippen LogP contribution < -0.4 is 9.80 Å². The van der Waals surface area contributed by atoms with Crippen LogP contribution in [-0.2, 0) is 17.3 Å². The van der Waals surface area contributed by atoms with Crippen LogP contribution >= 0.6 is 0 Å². The molecule has 490 valence electrons. The van der Waals surface area contributed by atoms with E-state index in [0.717, 1.165) is 75.2 Å². The second-order valence-corrected chi connectivity index (χ2v) is 30.0. The van der Waals surface area contributed by atoms with Gasteiger partial charge < -0.3 is 28.1 Å². The van der Waals surface area contributed by atoms with Crippen molar-refractivity contribution in [2.24, 2.45) is 0 Å². The zero-order valence-electron chi connectivity index (χ0n) is 58.0. The number of nitrogens with zero attached hydrogens (tertiary/aromatic N) is 8. The molecule has 8 nitrogen and oxygen atoms in total. The molecule has 0 spiro atoms. The van der Waals surface area contributed by atoms with Gasteiger partial charge in [-0.05, 0) is 191 Å². The van der Waals surface area contributed by atoms with Crippen LogP contribution in [0.25, 0.3) is 133 Å². The Labute approximate surface area is 596 Å². The molecule has 1 unspecified atom stereocenters. The lowest BCUT2D eigenvalue weighted by molar-refractivity contribution is 0.626. The maximum absolute atomic E-state index is 5.24. The zero-order valence-corrected chi connectivity index (χ0v) is 58.0. The SMILES string of the molecule is CC1CC=Cc2c1n(-c1ccc3c(c1)C(C)(C)c1cc(-n4c5ccccc5c5ccccc54)ccc1N3C1=Cc3c(c4nccnc4c4ccc(N5c6ccc(-n7c8ccccc8c8ccccc87)cc6C(C)(C)c6cc(-n7c8ccccc8c8ccccc87)ccc65)cc34)CC1)c1ccccc21. The normalized spacial score (nSPS) is 15.7. The molecule has 13 aromatic carbocycles. The Kier molecular flexibility index (Phi) is 12.0. The van der Waals surface area contributed by atoms with E-state index in [-0.39, 0.29) is 0 Å². The smallest absolute Gasteiger partial charge is 0.0968 e. The van der Waals surface area contributed by atoms with Crippen LogP contribution in [0, 0.1) is 0 Å². The number of allylic oxidation sites excluding steroid dienone is 2. The summed E-state index contributed by atoms with van der Waals surface area (Å²) in [7, 11) is 0. The van der Waals surface area contributed by atoms with Gasteiger partial charge in [0.1, 0.15) is 0 Å². The molecule has 2 aliphatic heterocycles. The van der Waals surface area contributed by atoms with Crippen molar-refractivity contribution < 1.29 is 0 Å². The van der Waals surface area contributed by atoms with E-state index in [9.17, 15) is 0 Å². The fourth-order valence-corrected chi connectivity index (χ4v) is 19.1. The molecule has 0 bridgehead atoms. The van der Waals surface area contributed by atoms with Gasteiger partial charge in [-0.15, -0.1) is 0 Å². The van der Waals surface area contributed by atoms with Gasteiger partial charge in [0.05, 0.1) is 72.4 Å². The molecule has 2 aliphatic carbocycles. The van der Waals surface area contributed by atoms with Crippen molar-refractivity contribution in [2.75, 3.05) is 9.80 Å². The van der Waals surface area contributed by atoms with Gasteiger partial charge in [0, 0.05) is 118 Å². The van der Waals surface area contributed by atoms with Crippen molar-refractivity contribution in [3.63, 3.8) is 0 Å². The predicted molar refractivity (Wildman–Crippen MR) is 429 cm³/mol.